The van der Waals surface area contributed by atoms with Crippen LogP contribution < -0.4 is 0 Å². The van der Waals surface area contributed by atoms with Crippen LogP contribution in [0.2, 0.25) is 29.0 Å². The SMILES string of the molecule is Cc1ccc(S(=O)(=O)OCCCCCC(B2C3CCCC2CCC3)B2C3CCCC2CCC3)cc1. The Morgan fingerprint density at radius 3 is 1.66 bits per heavy atom. The Kier molecular flexibility index (Phi) is 8.70. The van der Waals surface area contributed by atoms with E-state index in [2.05, 4.69) is 0 Å². The first kappa shape index (κ1) is 25.9. The van der Waals surface area contributed by atoms with Crippen LogP contribution in [-0.4, -0.2) is 28.5 Å². The Bertz CT molecular complexity index is 842. The molecule has 0 atom stereocenters. The molecule has 0 radical (unpaired) electrons. The van der Waals surface area contributed by atoms with E-state index in [-0.39, 0.29) is 4.90 Å². The van der Waals surface area contributed by atoms with Crippen LogP contribution in [0.4, 0.5) is 0 Å². The lowest BCUT2D eigenvalue weighted by atomic mass is 9.06. The first-order valence-electron chi connectivity index (χ1n) is 15.0. The molecule has 0 saturated carbocycles. The Balaban J connectivity index is 1.18. The summed E-state index contributed by atoms with van der Waals surface area (Å²) in [5, 5.41) is 0. The maximum absolute atomic E-state index is 12.5. The maximum Gasteiger partial charge on any atom is 0.296 e. The summed E-state index contributed by atoms with van der Waals surface area (Å²) in [5.41, 5.74) is 1.99. The van der Waals surface area contributed by atoms with E-state index in [1.165, 1.54) is 89.9 Å². The van der Waals surface area contributed by atoms with Crippen molar-refractivity contribution in [2.24, 2.45) is 0 Å². The summed E-state index contributed by atoms with van der Waals surface area (Å²) in [6, 6.07) is 6.96. The minimum absolute atomic E-state index is 0.274. The highest BCUT2D eigenvalue weighted by Crippen LogP contribution is 2.58. The van der Waals surface area contributed by atoms with E-state index < -0.39 is 10.1 Å². The summed E-state index contributed by atoms with van der Waals surface area (Å²) in [4.78, 5) is 0.274. The van der Waals surface area contributed by atoms with Gasteiger partial charge in [0.1, 0.15) is 13.4 Å². The molecule has 1 aromatic rings. The zero-order valence-electron chi connectivity index (χ0n) is 22.0. The minimum atomic E-state index is -3.64. The fourth-order valence-corrected chi connectivity index (χ4v) is 10.0. The zero-order valence-corrected chi connectivity index (χ0v) is 22.8. The molecule has 1 aromatic carbocycles. The average molecular weight is 496 g/mol. The van der Waals surface area contributed by atoms with Gasteiger partial charge < -0.3 is 0 Å². The number of fused-ring (bicyclic) bond motifs is 4. The van der Waals surface area contributed by atoms with Crippen LogP contribution in [0.3, 0.4) is 0 Å². The quantitative estimate of drug-likeness (QED) is 0.186. The third-order valence-electron chi connectivity index (χ3n) is 10.5. The molecule has 0 amide bonds. The van der Waals surface area contributed by atoms with Crippen LogP contribution in [0.1, 0.15) is 108 Å². The van der Waals surface area contributed by atoms with Gasteiger partial charge in [-0.25, -0.2) is 0 Å². The fraction of sp³-hybridized carbons (Fsp3) is 0.793. The first-order chi connectivity index (χ1) is 17.0. The predicted molar refractivity (Wildman–Crippen MR) is 148 cm³/mol. The van der Waals surface area contributed by atoms with Gasteiger partial charge in [0.25, 0.3) is 10.1 Å². The summed E-state index contributed by atoms with van der Waals surface area (Å²) in [6.45, 7) is 4.25. The molecule has 0 aliphatic carbocycles. The molecule has 192 valence electrons. The molecule has 4 fully saturated rings. The van der Waals surface area contributed by atoms with Gasteiger partial charge in [-0.1, -0.05) is 143 Å². The van der Waals surface area contributed by atoms with Crippen LogP contribution in [0.15, 0.2) is 29.2 Å². The molecule has 3 nitrogen and oxygen atoms in total. The Morgan fingerprint density at radius 1 is 0.743 bits per heavy atom. The monoisotopic (exact) mass is 496 g/mol. The molecule has 0 aromatic heterocycles. The van der Waals surface area contributed by atoms with Gasteiger partial charge in [-0.15, -0.1) is 0 Å². The number of rotatable bonds is 10. The van der Waals surface area contributed by atoms with Crippen molar-refractivity contribution in [1.29, 1.82) is 0 Å². The van der Waals surface area contributed by atoms with Crippen molar-refractivity contribution in [3.05, 3.63) is 29.8 Å². The number of hydrogen-bond acceptors (Lipinski definition) is 3. The van der Waals surface area contributed by atoms with Crippen molar-refractivity contribution in [3.63, 3.8) is 0 Å². The summed E-state index contributed by atoms with van der Waals surface area (Å²) in [7, 11) is -3.64. The maximum atomic E-state index is 12.5. The Morgan fingerprint density at radius 2 is 1.20 bits per heavy atom. The third-order valence-corrected chi connectivity index (χ3v) is 11.8. The molecule has 0 N–H and O–H groups in total. The van der Waals surface area contributed by atoms with Crippen molar-refractivity contribution >= 4 is 23.5 Å². The molecule has 35 heavy (non-hydrogen) atoms. The first-order valence-corrected chi connectivity index (χ1v) is 16.4. The second kappa shape index (κ2) is 11.8. The lowest BCUT2D eigenvalue weighted by Gasteiger charge is -2.51. The molecule has 4 saturated heterocycles. The van der Waals surface area contributed by atoms with E-state index >= 15 is 0 Å². The van der Waals surface area contributed by atoms with Gasteiger partial charge in [-0.05, 0) is 25.5 Å². The van der Waals surface area contributed by atoms with Crippen molar-refractivity contribution in [1.82, 2.24) is 0 Å². The molecule has 5 rings (SSSR count). The molecule has 0 spiro atoms. The second-order valence-electron chi connectivity index (χ2n) is 12.5. The van der Waals surface area contributed by atoms with Gasteiger partial charge in [-0.3, -0.25) is 4.18 Å². The highest BCUT2D eigenvalue weighted by molar-refractivity contribution is 7.86. The number of benzene rings is 1. The Hall–Kier alpha value is -0.740. The van der Waals surface area contributed by atoms with Gasteiger partial charge in [0, 0.05) is 0 Å². The lowest BCUT2D eigenvalue weighted by molar-refractivity contribution is 0.306. The standard InChI is InChI=1S/C29H46B2O3S/c1-23-18-20-28(21-19-23)35(32,33)34-22-4-2-3-17-29(30-24-9-5-10-25(30)12-6-11-24)31-26-13-7-14-27(31)16-8-15-26/h18-21,24-27,29H,2-17,22H2,1H3. The van der Waals surface area contributed by atoms with Gasteiger partial charge in [-0.2, -0.15) is 8.42 Å². The van der Waals surface area contributed by atoms with Crippen LogP contribution in [0.5, 0.6) is 0 Å². The van der Waals surface area contributed by atoms with E-state index in [1.54, 1.807) is 12.1 Å². The molecular formula is C29H46B2O3S. The molecule has 4 aliphatic heterocycles. The normalized spacial score (nSPS) is 29.7. The molecule has 4 heterocycles. The van der Waals surface area contributed by atoms with E-state index in [1.807, 2.05) is 19.1 Å². The minimum Gasteiger partial charge on any atom is -0.266 e. The van der Waals surface area contributed by atoms with Crippen LogP contribution in [0, 0.1) is 6.92 Å². The van der Waals surface area contributed by atoms with E-state index in [4.69, 9.17) is 4.18 Å². The lowest BCUT2D eigenvalue weighted by Crippen LogP contribution is -2.49. The van der Waals surface area contributed by atoms with Crippen LogP contribution in [-0.2, 0) is 14.3 Å². The molecule has 4 aliphatic rings. The molecule has 6 heteroatoms. The van der Waals surface area contributed by atoms with Crippen LogP contribution in [0.25, 0.3) is 0 Å². The third kappa shape index (κ3) is 6.06. The zero-order chi connectivity index (χ0) is 24.3. The summed E-state index contributed by atoms with van der Waals surface area (Å²) in [6.07, 6.45) is 22.4. The number of hydrogen-bond donors (Lipinski definition) is 0. The fourth-order valence-electron chi connectivity index (χ4n) is 9.10. The average Bonchev–Trinajstić information content (AvgIpc) is 2.83. The molecule has 4 bridgehead atoms. The smallest absolute Gasteiger partial charge is 0.266 e. The van der Waals surface area contributed by atoms with E-state index in [0.29, 0.717) is 6.61 Å². The van der Waals surface area contributed by atoms with Crippen molar-refractivity contribution in [2.45, 2.75) is 144 Å². The van der Waals surface area contributed by atoms with Crippen molar-refractivity contribution in [3.8, 4) is 0 Å². The summed E-state index contributed by atoms with van der Waals surface area (Å²) >= 11 is 0. The van der Waals surface area contributed by atoms with Gasteiger partial charge >= 0.3 is 0 Å². The highest BCUT2D eigenvalue weighted by atomic mass is 32.2. The van der Waals surface area contributed by atoms with E-state index in [0.717, 1.165) is 60.8 Å². The largest absolute Gasteiger partial charge is 0.296 e. The Labute approximate surface area is 215 Å². The van der Waals surface area contributed by atoms with Gasteiger partial charge in [0.15, 0.2) is 0 Å². The van der Waals surface area contributed by atoms with Gasteiger partial charge in [0.05, 0.1) is 11.5 Å². The summed E-state index contributed by atoms with van der Waals surface area (Å²) in [5.74, 6) is 3.99. The second-order valence-corrected chi connectivity index (χ2v) is 14.1. The van der Waals surface area contributed by atoms with Crippen molar-refractivity contribution in [2.75, 3.05) is 6.61 Å². The van der Waals surface area contributed by atoms with Crippen LogP contribution >= 0.6 is 0 Å². The van der Waals surface area contributed by atoms with Gasteiger partial charge in [0.2, 0.25) is 0 Å². The van der Waals surface area contributed by atoms with E-state index in [9.17, 15) is 8.42 Å². The molecule has 0 unspecified atom stereocenters. The topological polar surface area (TPSA) is 43.4 Å². The highest BCUT2D eigenvalue weighted by Gasteiger charge is 2.51. The predicted octanol–water partition coefficient (Wildman–Crippen LogP) is 8.38. The van der Waals surface area contributed by atoms with Crippen molar-refractivity contribution < 1.29 is 12.6 Å². The number of unbranched alkanes of at least 4 members (excludes halogenated alkanes) is 2. The summed E-state index contributed by atoms with van der Waals surface area (Å²) < 4.78 is 30.4. The molecular weight excluding hydrogens is 450 g/mol. The number of aryl methyl sites for hydroxylation is 1.